The Balaban J connectivity index is 1.78. The first kappa shape index (κ1) is 20.5. The molecule has 0 saturated heterocycles. The molecule has 7 heteroatoms. The number of halogens is 3. The highest BCUT2D eigenvalue weighted by molar-refractivity contribution is 9.10. The quantitative estimate of drug-likeness (QED) is 0.442. The van der Waals surface area contributed by atoms with Gasteiger partial charge in [-0.25, -0.2) is 4.68 Å². The molecule has 1 heterocycles. The van der Waals surface area contributed by atoms with E-state index in [-0.39, 0.29) is 11.9 Å². The van der Waals surface area contributed by atoms with Gasteiger partial charge >= 0.3 is 0 Å². The second kappa shape index (κ2) is 8.90. The predicted molar refractivity (Wildman–Crippen MR) is 121 cm³/mol. The van der Waals surface area contributed by atoms with Crippen LogP contribution >= 0.6 is 39.1 Å². The van der Waals surface area contributed by atoms with Crippen molar-refractivity contribution in [2.75, 3.05) is 0 Å². The van der Waals surface area contributed by atoms with Gasteiger partial charge in [-0.1, -0.05) is 70.5 Å². The molecule has 4 rings (SSSR count). The highest BCUT2D eigenvalue weighted by atomic mass is 79.9. The highest BCUT2D eigenvalue weighted by Crippen LogP contribution is 2.32. The average Bonchev–Trinajstić information content (AvgIpc) is 3.14. The summed E-state index contributed by atoms with van der Waals surface area (Å²) in [4.78, 5) is 13.1. The van der Waals surface area contributed by atoms with Gasteiger partial charge in [-0.05, 0) is 43.2 Å². The summed E-state index contributed by atoms with van der Waals surface area (Å²) >= 11 is 16.0. The first-order valence-corrected chi connectivity index (χ1v) is 11.2. The summed E-state index contributed by atoms with van der Waals surface area (Å²) in [5.74, 6) is -0.105. The average molecular weight is 493 g/mol. The molecule has 2 aromatic carbocycles. The number of hydrogen-bond acceptors (Lipinski definition) is 2. The summed E-state index contributed by atoms with van der Waals surface area (Å²) in [7, 11) is 0. The Morgan fingerprint density at radius 2 is 1.79 bits per heavy atom. The van der Waals surface area contributed by atoms with Crippen molar-refractivity contribution >= 4 is 45.0 Å². The summed E-state index contributed by atoms with van der Waals surface area (Å²) in [6, 6.07) is 13.3. The Bertz CT molecular complexity index is 1030. The van der Waals surface area contributed by atoms with Crippen LogP contribution < -0.4 is 5.32 Å². The van der Waals surface area contributed by atoms with E-state index in [1.54, 1.807) is 23.0 Å². The first-order valence-electron chi connectivity index (χ1n) is 9.63. The Kier molecular flexibility index (Phi) is 6.28. The fourth-order valence-electron chi connectivity index (χ4n) is 3.75. The minimum Gasteiger partial charge on any atom is -0.349 e. The summed E-state index contributed by atoms with van der Waals surface area (Å²) in [5.41, 5.74) is 2.79. The topological polar surface area (TPSA) is 46.9 Å². The standard InChI is InChI=1S/C22H20BrCl2N3O/c23-15-8-6-14(7-9-15)21-18(22(29)27-17-4-2-1-3-5-17)13-26-28(21)20-11-10-16(24)12-19(20)25/h6-13,17H,1-5H2,(H,27,29). The van der Waals surface area contributed by atoms with Crippen LogP contribution in [0.15, 0.2) is 53.1 Å². The molecule has 1 saturated carbocycles. The molecule has 1 aliphatic carbocycles. The van der Waals surface area contributed by atoms with Crippen molar-refractivity contribution in [3.8, 4) is 16.9 Å². The number of nitrogens with one attached hydrogen (secondary N) is 1. The largest absolute Gasteiger partial charge is 0.349 e. The molecule has 3 aromatic rings. The van der Waals surface area contributed by atoms with Gasteiger partial charge in [-0.2, -0.15) is 5.10 Å². The molecule has 1 amide bonds. The summed E-state index contributed by atoms with van der Waals surface area (Å²) < 4.78 is 2.67. The zero-order valence-electron chi connectivity index (χ0n) is 15.7. The number of hydrogen-bond donors (Lipinski definition) is 1. The smallest absolute Gasteiger partial charge is 0.255 e. The molecule has 150 valence electrons. The monoisotopic (exact) mass is 491 g/mol. The van der Waals surface area contributed by atoms with Gasteiger partial charge in [-0.15, -0.1) is 0 Å². The molecule has 0 unspecified atom stereocenters. The van der Waals surface area contributed by atoms with E-state index in [0.717, 1.165) is 35.7 Å². The van der Waals surface area contributed by atoms with E-state index in [1.807, 2.05) is 30.3 Å². The van der Waals surface area contributed by atoms with Gasteiger partial charge in [0.2, 0.25) is 0 Å². The molecule has 0 radical (unpaired) electrons. The van der Waals surface area contributed by atoms with Crippen LogP contribution in [0.5, 0.6) is 0 Å². The fourth-order valence-corrected chi connectivity index (χ4v) is 4.50. The third-order valence-corrected chi connectivity index (χ3v) is 6.28. The molecule has 0 atom stereocenters. The lowest BCUT2D eigenvalue weighted by atomic mass is 9.95. The van der Waals surface area contributed by atoms with Crippen LogP contribution in [0.25, 0.3) is 16.9 Å². The number of rotatable bonds is 4. The zero-order valence-corrected chi connectivity index (χ0v) is 18.8. The first-order chi connectivity index (χ1) is 14.0. The van der Waals surface area contributed by atoms with Gasteiger partial charge < -0.3 is 5.32 Å². The van der Waals surface area contributed by atoms with Crippen molar-refractivity contribution in [3.05, 3.63) is 68.7 Å². The van der Waals surface area contributed by atoms with E-state index in [9.17, 15) is 4.79 Å². The maximum atomic E-state index is 13.1. The van der Waals surface area contributed by atoms with Gasteiger partial charge in [0.25, 0.3) is 5.91 Å². The minimum atomic E-state index is -0.105. The molecule has 1 N–H and O–H groups in total. The Labute approximate surface area is 188 Å². The van der Waals surface area contributed by atoms with Gasteiger partial charge in [0.15, 0.2) is 0 Å². The number of amides is 1. The molecule has 1 aliphatic rings. The van der Waals surface area contributed by atoms with Crippen LogP contribution in [0.1, 0.15) is 42.5 Å². The lowest BCUT2D eigenvalue weighted by Gasteiger charge is -2.22. The van der Waals surface area contributed by atoms with E-state index in [4.69, 9.17) is 23.2 Å². The normalized spacial score (nSPS) is 14.7. The van der Waals surface area contributed by atoms with Crippen molar-refractivity contribution in [1.82, 2.24) is 15.1 Å². The Morgan fingerprint density at radius 3 is 2.48 bits per heavy atom. The third-order valence-electron chi connectivity index (χ3n) is 5.21. The van der Waals surface area contributed by atoms with Gasteiger partial charge in [0, 0.05) is 21.1 Å². The van der Waals surface area contributed by atoms with Crippen molar-refractivity contribution in [1.29, 1.82) is 0 Å². The summed E-state index contributed by atoms with van der Waals surface area (Å²) in [5, 5.41) is 8.71. The molecular weight excluding hydrogens is 473 g/mol. The van der Waals surface area contributed by atoms with Gasteiger partial charge in [0.05, 0.1) is 28.2 Å². The van der Waals surface area contributed by atoms with Crippen LogP contribution in [0, 0.1) is 0 Å². The van der Waals surface area contributed by atoms with E-state index in [0.29, 0.717) is 27.0 Å². The van der Waals surface area contributed by atoms with Gasteiger partial charge in [-0.3, -0.25) is 4.79 Å². The van der Waals surface area contributed by atoms with Gasteiger partial charge in [0.1, 0.15) is 0 Å². The van der Waals surface area contributed by atoms with Crippen LogP contribution in [0.3, 0.4) is 0 Å². The van der Waals surface area contributed by atoms with E-state index in [2.05, 4.69) is 26.3 Å². The van der Waals surface area contributed by atoms with Crippen molar-refractivity contribution in [3.63, 3.8) is 0 Å². The molecule has 0 bridgehead atoms. The number of benzene rings is 2. The SMILES string of the molecule is O=C(NC1CCCCC1)c1cnn(-c2ccc(Cl)cc2Cl)c1-c1ccc(Br)cc1. The molecule has 1 aromatic heterocycles. The Hall–Kier alpha value is -1.82. The van der Waals surface area contributed by atoms with Crippen molar-refractivity contribution < 1.29 is 4.79 Å². The fraction of sp³-hybridized carbons (Fsp3) is 0.273. The van der Waals surface area contributed by atoms with Crippen LogP contribution in [-0.4, -0.2) is 21.7 Å². The van der Waals surface area contributed by atoms with Crippen molar-refractivity contribution in [2.45, 2.75) is 38.1 Å². The minimum absolute atomic E-state index is 0.105. The molecular formula is C22H20BrCl2N3O. The molecule has 0 aliphatic heterocycles. The maximum absolute atomic E-state index is 13.1. The highest BCUT2D eigenvalue weighted by Gasteiger charge is 2.24. The molecule has 1 fully saturated rings. The van der Waals surface area contributed by atoms with Crippen LogP contribution in [0.2, 0.25) is 10.0 Å². The number of carbonyl (C=O) groups excluding carboxylic acids is 1. The third kappa shape index (κ3) is 4.52. The second-order valence-corrected chi connectivity index (χ2v) is 8.99. The summed E-state index contributed by atoms with van der Waals surface area (Å²) in [6.45, 7) is 0. The number of nitrogens with zero attached hydrogens (tertiary/aromatic N) is 2. The van der Waals surface area contributed by atoms with E-state index >= 15 is 0 Å². The number of carbonyl (C=O) groups is 1. The second-order valence-electron chi connectivity index (χ2n) is 7.23. The molecule has 0 spiro atoms. The predicted octanol–water partition coefficient (Wildman–Crippen LogP) is 6.67. The Morgan fingerprint density at radius 1 is 1.07 bits per heavy atom. The molecule has 29 heavy (non-hydrogen) atoms. The zero-order chi connectivity index (χ0) is 20.4. The van der Waals surface area contributed by atoms with Crippen molar-refractivity contribution in [2.24, 2.45) is 0 Å². The summed E-state index contributed by atoms with van der Waals surface area (Å²) in [6.07, 6.45) is 7.21. The maximum Gasteiger partial charge on any atom is 0.255 e. The number of aromatic nitrogens is 2. The lowest BCUT2D eigenvalue weighted by Crippen LogP contribution is -2.36. The molecule has 4 nitrogen and oxygen atoms in total. The van der Waals surface area contributed by atoms with E-state index in [1.165, 1.54) is 6.42 Å². The van der Waals surface area contributed by atoms with Crippen LogP contribution in [-0.2, 0) is 0 Å². The van der Waals surface area contributed by atoms with E-state index < -0.39 is 0 Å². The lowest BCUT2D eigenvalue weighted by molar-refractivity contribution is 0.0928. The van der Waals surface area contributed by atoms with Crippen LogP contribution in [0.4, 0.5) is 0 Å².